The number of rotatable bonds is 10. The van der Waals surface area contributed by atoms with E-state index < -0.39 is 27.3 Å². The third-order valence-electron chi connectivity index (χ3n) is 6.14. The van der Waals surface area contributed by atoms with Gasteiger partial charge < -0.3 is 23.7 Å². The molecule has 1 aromatic carbocycles. The molecule has 37 heavy (non-hydrogen) atoms. The van der Waals surface area contributed by atoms with Gasteiger partial charge in [-0.05, 0) is 19.1 Å². The van der Waals surface area contributed by atoms with Crippen molar-refractivity contribution in [2.24, 2.45) is 0 Å². The number of hydrogen-bond acceptors (Lipinski definition) is 11. The fourth-order valence-electron chi connectivity index (χ4n) is 3.85. The zero-order valence-electron chi connectivity index (χ0n) is 21.2. The Kier molecular flexibility index (Phi) is 8.10. The number of anilines is 1. The summed E-state index contributed by atoms with van der Waals surface area (Å²) in [6.45, 7) is 4.34. The number of para-hydroxylation sites is 1. The minimum atomic E-state index is -4.00. The quantitative estimate of drug-likeness (QED) is 0.407. The molecule has 1 saturated heterocycles. The average molecular weight is 535 g/mol. The highest BCUT2D eigenvalue weighted by atomic mass is 32.2. The van der Waals surface area contributed by atoms with Gasteiger partial charge in [0.15, 0.2) is 11.6 Å². The Hall–Kier alpha value is -3.49. The standard InChI is InChI=1S/C23H30N6O7S/c1-14(21-24-11-16(32-3)12-25-21)15(2)37(30,31)28-23-27-26-22(19-13-35-9-10-36-19)29(23)20-17(33-4)7-6-8-18(20)34-5/h6-8,11-12,14-15,19H,9-10,13H2,1-5H3,(H,27,28)/t14-,15-,19-/m0/s1. The number of sulfonamides is 1. The molecule has 13 nitrogen and oxygen atoms in total. The summed E-state index contributed by atoms with van der Waals surface area (Å²) in [5.41, 5.74) is 0.415. The van der Waals surface area contributed by atoms with Crippen LogP contribution in [0.4, 0.5) is 5.95 Å². The summed E-state index contributed by atoms with van der Waals surface area (Å²) in [6, 6.07) is 5.21. The summed E-state index contributed by atoms with van der Waals surface area (Å²) >= 11 is 0. The number of nitrogens with zero attached hydrogens (tertiary/aromatic N) is 5. The first-order valence-corrected chi connectivity index (χ1v) is 13.1. The number of benzene rings is 1. The zero-order valence-corrected chi connectivity index (χ0v) is 22.1. The fourth-order valence-corrected chi connectivity index (χ4v) is 5.08. The van der Waals surface area contributed by atoms with Crippen molar-refractivity contribution >= 4 is 16.0 Å². The molecule has 1 fully saturated rings. The number of methoxy groups -OCH3 is 3. The maximum atomic E-state index is 13.5. The van der Waals surface area contributed by atoms with Crippen LogP contribution in [0.1, 0.15) is 37.5 Å². The minimum absolute atomic E-state index is 0.0540. The third kappa shape index (κ3) is 5.45. The summed E-state index contributed by atoms with van der Waals surface area (Å²) in [7, 11) is 0.513. The van der Waals surface area contributed by atoms with E-state index in [0.717, 1.165) is 0 Å². The summed E-state index contributed by atoms with van der Waals surface area (Å²) in [4.78, 5) is 8.48. The largest absolute Gasteiger partial charge is 0.494 e. The molecule has 0 unspecified atom stereocenters. The SMILES string of the molecule is COc1cnc([C@@H](C)[C@H](C)S(=O)(=O)Nc2nnc([C@@H]3COCCO3)n2-c2c(OC)cccc2OC)nc1. The second-order valence-corrected chi connectivity index (χ2v) is 10.3. The average Bonchev–Trinajstić information content (AvgIpc) is 3.34. The molecule has 3 atom stereocenters. The fraction of sp³-hybridized carbons (Fsp3) is 0.478. The summed E-state index contributed by atoms with van der Waals surface area (Å²) in [5.74, 6) is 1.41. The number of aromatic nitrogens is 5. The van der Waals surface area contributed by atoms with Crippen molar-refractivity contribution < 1.29 is 32.1 Å². The molecule has 3 heterocycles. The van der Waals surface area contributed by atoms with Crippen molar-refractivity contribution in [1.29, 1.82) is 0 Å². The van der Waals surface area contributed by atoms with Crippen LogP contribution in [0.3, 0.4) is 0 Å². The molecular weight excluding hydrogens is 504 g/mol. The van der Waals surface area contributed by atoms with Gasteiger partial charge in [0.2, 0.25) is 16.0 Å². The lowest BCUT2D eigenvalue weighted by atomic mass is 10.1. The predicted molar refractivity (Wildman–Crippen MR) is 133 cm³/mol. The first kappa shape index (κ1) is 26.6. The Labute approximate surface area is 215 Å². The van der Waals surface area contributed by atoms with E-state index in [1.165, 1.54) is 38.3 Å². The normalized spacial score (nSPS) is 17.6. The monoisotopic (exact) mass is 534 g/mol. The molecule has 1 aliphatic rings. The van der Waals surface area contributed by atoms with E-state index in [1.807, 2.05) is 0 Å². The van der Waals surface area contributed by atoms with E-state index >= 15 is 0 Å². The van der Waals surface area contributed by atoms with Gasteiger partial charge >= 0.3 is 0 Å². The molecule has 0 radical (unpaired) electrons. The van der Waals surface area contributed by atoms with Crippen LogP contribution < -0.4 is 18.9 Å². The Balaban J connectivity index is 1.74. The second kappa shape index (κ2) is 11.3. The van der Waals surface area contributed by atoms with Gasteiger partial charge in [-0.25, -0.2) is 18.4 Å². The Bertz CT molecular complexity index is 1290. The van der Waals surface area contributed by atoms with Crippen molar-refractivity contribution in [2.75, 3.05) is 45.9 Å². The first-order valence-electron chi connectivity index (χ1n) is 11.5. The van der Waals surface area contributed by atoms with Crippen molar-refractivity contribution in [1.82, 2.24) is 24.7 Å². The smallest absolute Gasteiger partial charge is 0.243 e. The highest BCUT2D eigenvalue weighted by Gasteiger charge is 2.34. The molecule has 0 saturated carbocycles. The predicted octanol–water partition coefficient (Wildman–Crippen LogP) is 2.10. The lowest BCUT2D eigenvalue weighted by Crippen LogP contribution is -2.32. The molecular formula is C23H30N6O7S. The third-order valence-corrected chi connectivity index (χ3v) is 7.99. The van der Waals surface area contributed by atoms with Crippen LogP contribution in [0.2, 0.25) is 0 Å². The molecule has 200 valence electrons. The van der Waals surface area contributed by atoms with Gasteiger partial charge in [0.25, 0.3) is 0 Å². The molecule has 3 aromatic rings. The Morgan fingerprint density at radius 2 is 1.70 bits per heavy atom. The van der Waals surface area contributed by atoms with Crippen LogP contribution in [0.25, 0.3) is 5.69 Å². The first-order chi connectivity index (χ1) is 17.8. The molecule has 1 aliphatic heterocycles. The molecule has 1 N–H and O–H groups in total. The van der Waals surface area contributed by atoms with Gasteiger partial charge in [0, 0.05) is 5.92 Å². The van der Waals surface area contributed by atoms with E-state index in [-0.39, 0.29) is 12.6 Å². The topological polar surface area (TPSA) is 149 Å². The number of hydrogen-bond donors (Lipinski definition) is 1. The molecule has 0 aliphatic carbocycles. The Morgan fingerprint density at radius 3 is 2.27 bits per heavy atom. The molecule has 4 rings (SSSR count). The molecule has 0 bridgehead atoms. The number of nitrogens with one attached hydrogen (secondary N) is 1. The van der Waals surface area contributed by atoms with Crippen LogP contribution in [-0.2, 0) is 19.5 Å². The van der Waals surface area contributed by atoms with Gasteiger partial charge in [-0.2, -0.15) is 0 Å². The summed E-state index contributed by atoms with van der Waals surface area (Å²) in [6.07, 6.45) is 2.40. The van der Waals surface area contributed by atoms with Crippen molar-refractivity contribution in [3.8, 4) is 22.9 Å². The molecule has 0 spiro atoms. The van der Waals surface area contributed by atoms with Gasteiger partial charge in [-0.3, -0.25) is 9.29 Å². The molecule has 14 heteroatoms. The van der Waals surface area contributed by atoms with Gasteiger partial charge in [0.05, 0.1) is 58.8 Å². The highest BCUT2D eigenvalue weighted by molar-refractivity contribution is 7.93. The lowest BCUT2D eigenvalue weighted by Gasteiger charge is -2.25. The Morgan fingerprint density at radius 1 is 1.03 bits per heavy atom. The molecule has 2 aromatic heterocycles. The van der Waals surface area contributed by atoms with Crippen LogP contribution in [0.5, 0.6) is 17.2 Å². The van der Waals surface area contributed by atoms with Crippen LogP contribution >= 0.6 is 0 Å². The second-order valence-electron chi connectivity index (χ2n) is 8.28. The van der Waals surface area contributed by atoms with Gasteiger partial charge in [-0.1, -0.05) is 13.0 Å². The minimum Gasteiger partial charge on any atom is -0.494 e. The van der Waals surface area contributed by atoms with E-state index in [1.54, 1.807) is 32.0 Å². The lowest BCUT2D eigenvalue weighted by molar-refractivity contribution is -0.0941. The zero-order chi connectivity index (χ0) is 26.6. The summed E-state index contributed by atoms with van der Waals surface area (Å²) < 4.78 is 58.8. The van der Waals surface area contributed by atoms with Crippen molar-refractivity contribution in [2.45, 2.75) is 31.1 Å². The number of ether oxygens (including phenoxy) is 5. The van der Waals surface area contributed by atoms with Crippen molar-refractivity contribution in [3.05, 3.63) is 42.2 Å². The van der Waals surface area contributed by atoms with Gasteiger partial charge in [0.1, 0.15) is 29.1 Å². The van der Waals surface area contributed by atoms with Crippen LogP contribution in [0.15, 0.2) is 30.6 Å². The molecule has 0 amide bonds. The van der Waals surface area contributed by atoms with E-state index in [2.05, 4.69) is 24.9 Å². The van der Waals surface area contributed by atoms with E-state index in [4.69, 9.17) is 23.7 Å². The van der Waals surface area contributed by atoms with E-state index in [9.17, 15) is 8.42 Å². The maximum absolute atomic E-state index is 13.5. The maximum Gasteiger partial charge on any atom is 0.243 e. The highest BCUT2D eigenvalue weighted by Crippen LogP contribution is 2.37. The van der Waals surface area contributed by atoms with Crippen LogP contribution in [-0.4, -0.2) is 79.6 Å². The van der Waals surface area contributed by atoms with Crippen molar-refractivity contribution in [3.63, 3.8) is 0 Å². The van der Waals surface area contributed by atoms with Crippen LogP contribution in [0, 0.1) is 0 Å². The summed E-state index contributed by atoms with van der Waals surface area (Å²) in [5, 5.41) is 7.51. The van der Waals surface area contributed by atoms with Gasteiger partial charge in [-0.15, -0.1) is 10.2 Å². The van der Waals surface area contributed by atoms with E-state index in [0.29, 0.717) is 47.8 Å².